The maximum absolute atomic E-state index is 12.9. The molecule has 0 fully saturated rings. The molecule has 0 aliphatic heterocycles. The standard InChI is InChI=1S/C15H22FNO2/c1-2-3-4-5-11-17(12-10-15(18)19)14-8-6-13(16)7-9-14/h6-9H,2-5,10-12H2,1H3,(H,18,19). The molecule has 106 valence electrons. The number of rotatable bonds is 9. The number of carboxylic acid groups (broad SMARTS) is 1. The van der Waals surface area contributed by atoms with Gasteiger partial charge in [-0.2, -0.15) is 0 Å². The van der Waals surface area contributed by atoms with Gasteiger partial charge in [-0.05, 0) is 30.7 Å². The highest BCUT2D eigenvalue weighted by Crippen LogP contribution is 2.16. The largest absolute Gasteiger partial charge is 0.481 e. The van der Waals surface area contributed by atoms with E-state index in [1.165, 1.54) is 25.0 Å². The fourth-order valence-electron chi connectivity index (χ4n) is 1.98. The van der Waals surface area contributed by atoms with Crippen LogP contribution in [0.25, 0.3) is 0 Å². The van der Waals surface area contributed by atoms with E-state index in [0.29, 0.717) is 6.54 Å². The van der Waals surface area contributed by atoms with Crippen LogP contribution in [0.1, 0.15) is 39.0 Å². The third kappa shape index (κ3) is 6.22. The van der Waals surface area contributed by atoms with Crippen LogP contribution in [0, 0.1) is 5.82 Å². The van der Waals surface area contributed by atoms with Crippen LogP contribution in [0.15, 0.2) is 24.3 Å². The first-order valence-electron chi connectivity index (χ1n) is 6.85. The van der Waals surface area contributed by atoms with E-state index < -0.39 is 5.97 Å². The molecule has 1 aromatic rings. The predicted octanol–water partition coefficient (Wildman–Crippen LogP) is 3.69. The molecule has 0 atom stereocenters. The van der Waals surface area contributed by atoms with Crippen molar-refractivity contribution >= 4 is 11.7 Å². The average molecular weight is 267 g/mol. The molecule has 1 N–H and O–H groups in total. The van der Waals surface area contributed by atoms with E-state index >= 15 is 0 Å². The van der Waals surface area contributed by atoms with Gasteiger partial charge in [-0.3, -0.25) is 4.79 Å². The molecule has 0 radical (unpaired) electrons. The molecule has 1 aromatic carbocycles. The number of hydrogen-bond donors (Lipinski definition) is 1. The lowest BCUT2D eigenvalue weighted by Crippen LogP contribution is -2.27. The number of nitrogens with zero attached hydrogens (tertiary/aromatic N) is 1. The molecule has 0 aliphatic rings. The molecule has 1 rings (SSSR count). The van der Waals surface area contributed by atoms with Crippen LogP contribution >= 0.6 is 0 Å². The minimum atomic E-state index is -0.805. The summed E-state index contributed by atoms with van der Waals surface area (Å²) in [5, 5.41) is 8.78. The lowest BCUT2D eigenvalue weighted by atomic mass is 10.2. The van der Waals surface area contributed by atoms with E-state index in [2.05, 4.69) is 6.92 Å². The predicted molar refractivity (Wildman–Crippen MR) is 75.0 cm³/mol. The Hall–Kier alpha value is -1.58. The molecule has 0 unspecified atom stereocenters. The zero-order chi connectivity index (χ0) is 14.1. The van der Waals surface area contributed by atoms with Crippen molar-refractivity contribution in [3.8, 4) is 0 Å². The van der Waals surface area contributed by atoms with Crippen molar-refractivity contribution in [1.29, 1.82) is 0 Å². The van der Waals surface area contributed by atoms with Crippen LogP contribution in [-0.4, -0.2) is 24.2 Å². The van der Waals surface area contributed by atoms with E-state index in [-0.39, 0.29) is 12.2 Å². The first-order valence-corrected chi connectivity index (χ1v) is 6.85. The smallest absolute Gasteiger partial charge is 0.305 e. The first-order chi connectivity index (χ1) is 9.13. The number of benzene rings is 1. The molecule has 0 saturated carbocycles. The van der Waals surface area contributed by atoms with Crippen molar-refractivity contribution in [3.63, 3.8) is 0 Å². The minimum absolute atomic E-state index is 0.102. The van der Waals surface area contributed by atoms with Gasteiger partial charge in [-0.25, -0.2) is 4.39 Å². The summed E-state index contributed by atoms with van der Waals surface area (Å²) in [7, 11) is 0. The van der Waals surface area contributed by atoms with Crippen LogP contribution in [0.4, 0.5) is 10.1 Å². The van der Waals surface area contributed by atoms with E-state index in [1.807, 2.05) is 4.90 Å². The molecule has 0 spiro atoms. The molecule has 0 aliphatic carbocycles. The minimum Gasteiger partial charge on any atom is -0.481 e. The Bertz CT molecular complexity index is 378. The third-order valence-electron chi connectivity index (χ3n) is 3.07. The van der Waals surface area contributed by atoms with Gasteiger partial charge >= 0.3 is 5.97 Å². The van der Waals surface area contributed by atoms with Crippen LogP contribution < -0.4 is 4.90 Å². The van der Waals surface area contributed by atoms with Gasteiger partial charge in [0, 0.05) is 18.8 Å². The summed E-state index contributed by atoms with van der Waals surface area (Å²) in [4.78, 5) is 12.7. The Morgan fingerprint density at radius 1 is 1.16 bits per heavy atom. The van der Waals surface area contributed by atoms with Gasteiger partial charge in [-0.15, -0.1) is 0 Å². The van der Waals surface area contributed by atoms with Crippen molar-refractivity contribution in [2.75, 3.05) is 18.0 Å². The fourth-order valence-corrected chi connectivity index (χ4v) is 1.98. The van der Waals surface area contributed by atoms with Crippen molar-refractivity contribution < 1.29 is 14.3 Å². The van der Waals surface area contributed by atoms with Crippen LogP contribution in [0.3, 0.4) is 0 Å². The molecular weight excluding hydrogens is 245 g/mol. The third-order valence-corrected chi connectivity index (χ3v) is 3.07. The van der Waals surface area contributed by atoms with E-state index in [1.54, 1.807) is 12.1 Å². The number of carboxylic acids is 1. The highest BCUT2D eigenvalue weighted by molar-refractivity contribution is 5.67. The zero-order valence-corrected chi connectivity index (χ0v) is 11.4. The Balaban J connectivity index is 2.57. The molecule has 4 heteroatoms. The molecular formula is C15H22FNO2. The van der Waals surface area contributed by atoms with Gasteiger partial charge in [0.2, 0.25) is 0 Å². The van der Waals surface area contributed by atoms with Crippen LogP contribution in [-0.2, 0) is 4.79 Å². The van der Waals surface area contributed by atoms with Gasteiger partial charge in [0.1, 0.15) is 5.82 Å². The highest BCUT2D eigenvalue weighted by atomic mass is 19.1. The number of hydrogen-bond acceptors (Lipinski definition) is 2. The number of carbonyl (C=O) groups is 1. The van der Waals surface area contributed by atoms with E-state index in [9.17, 15) is 9.18 Å². The molecule has 0 aromatic heterocycles. The maximum Gasteiger partial charge on any atom is 0.305 e. The molecule has 3 nitrogen and oxygen atoms in total. The highest BCUT2D eigenvalue weighted by Gasteiger charge is 2.08. The molecule has 0 bridgehead atoms. The average Bonchev–Trinajstić information content (AvgIpc) is 2.39. The van der Waals surface area contributed by atoms with Crippen LogP contribution in [0.5, 0.6) is 0 Å². The monoisotopic (exact) mass is 267 g/mol. The van der Waals surface area contributed by atoms with E-state index in [4.69, 9.17) is 5.11 Å². The Morgan fingerprint density at radius 2 is 1.84 bits per heavy atom. The second kappa shape index (κ2) is 8.51. The van der Waals surface area contributed by atoms with Crippen molar-refractivity contribution in [1.82, 2.24) is 0 Å². The van der Waals surface area contributed by atoms with Gasteiger partial charge < -0.3 is 10.0 Å². The van der Waals surface area contributed by atoms with Crippen molar-refractivity contribution in [3.05, 3.63) is 30.1 Å². The topological polar surface area (TPSA) is 40.5 Å². The molecule has 0 heterocycles. The summed E-state index contributed by atoms with van der Waals surface area (Å²) in [6.07, 6.45) is 4.64. The molecule has 0 saturated heterocycles. The Morgan fingerprint density at radius 3 is 2.42 bits per heavy atom. The van der Waals surface area contributed by atoms with Crippen molar-refractivity contribution in [2.45, 2.75) is 39.0 Å². The van der Waals surface area contributed by atoms with Crippen molar-refractivity contribution in [2.24, 2.45) is 0 Å². The Kier molecular flexibility index (Phi) is 6.93. The summed E-state index contributed by atoms with van der Waals surface area (Å²) in [5.74, 6) is -1.08. The van der Waals surface area contributed by atoms with E-state index in [0.717, 1.165) is 25.1 Å². The van der Waals surface area contributed by atoms with Gasteiger partial charge in [0.05, 0.1) is 6.42 Å². The molecule has 0 amide bonds. The summed E-state index contributed by atoms with van der Waals surface area (Å²) >= 11 is 0. The first kappa shape index (κ1) is 15.5. The normalized spacial score (nSPS) is 10.4. The lowest BCUT2D eigenvalue weighted by molar-refractivity contribution is -0.136. The van der Waals surface area contributed by atoms with Gasteiger partial charge in [0.15, 0.2) is 0 Å². The number of anilines is 1. The summed E-state index contributed by atoms with van der Waals surface area (Å²) in [6.45, 7) is 3.44. The van der Waals surface area contributed by atoms with Gasteiger partial charge in [-0.1, -0.05) is 26.2 Å². The van der Waals surface area contributed by atoms with Gasteiger partial charge in [0.25, 0.3) is 0 Å². The quantitative estimate of drug-likeness (QED) is 0.694. The lowest BCUT2D eigenvalue weighted by Gasteiger charge is -2.24. The summed E-state index contributed by atoms with van der Waals surface area (Å²) in [6, 6.07) is 6.23. The second-order valence-electron chi connectivity index (χ2n) is 4.67. The number of aliphatic carboxylic acids is 1. The maximum atomic E-state index is 12.9. The SMILES string of the molecule is CCCCCCN(CCC(=O)O)c1ccc(F)cc1. The van der Waals surface area contributed by atoms with Crippen LogP contribution in [0.2, 0.25) is 0 Å². The summed E-state index contributed by atoms with van der Waals surface area (Å²) in [5.41, 5.74) is 0.888. The molecule has 19 heavy (non-hydrogen) atoms. The number of unbranched alkanes of at least 4 members (excludes halogenated alkanes) is 3. The summed E-state index contributed by atoms with van der Waals surface area (Å²) < 4.78 is 12.9. The second-order valence-corrected chi connectivity index (χ2v) is 4.67. The zero-order valence-electron chi connectivity index (χ0n) is 11.4. The number of halogens is 1. The fraction of sp³-hybridized carbons (Fsp3) is 0.533. The Labute approximate surface area is 114 Å².